The first kappa shape index (κ1) is 18.5. The van der Waals surface area contributed by atoms with Crippen LogP contribution in [0.4, 0.5) is 11.6 Å². The van der Waals surface area contributed by atoms with Gasteiger partial charge in [-0.2, -0.15) is 9.61 Å². The minimum absolute atomic E-state index is 0.513. The van der Waals surface area contributed by atoms with E-state index in [1.807, 2.05) is 29.2 Å². The maximum Gasteiger partial charge on any atom is 0.227 e. The van der Waals surface area contributed by atoms with Gasteiger partial charge in [0.15, 0.2) is 5.65 Å². The van der Waals surface area contributed by atoms with Gasteiger partial charge in [0.05, 0.1) is 6.20 Å². The standard InChI is InChI=1S/C21H29N6O/c1-3-17-14-23-27-20(22-13-16-8-7-11-26(15-16)28-2)12-19(25-21(17)27)24-18-9-5-4-6-10-18/h7-8,11-12,14-15,18,22H,3-6,9-10,13H2,1-2H3,(H,24,25)/q+1. The van der Waals surface area contributed by atoms with Gasteiger partial charge in [-0.3, -0.25) is 4.84 Å². The molecule has 2 N–H and O–H groups in total. The summed E-state index contributed by atoms with van der Waals surface area (Å²) in [6, 6.07) is 6.63. The molecule has 3 heterocycles. The molecule has 3 aromatic heterocycles. The van der Waals surface area contributed by atoms with E-state index in [2.05, 4.69) is 34.8 Å². The van der Waals surface area contributed by atoms with Crippen molar-refractivity contribution in [2.75, 3.05) is 17.7 Å². The van der Waals surface area contributed by atoms with Crippen LogP contribution in [-0.2, 0) is 13.0 Å². The average Bonchev–Trinajstić information content (AvgIpc) is 3.16. The average molecular weight is 382 g/mol. The summed E-state index contributed by atoms with van der Waals surface area (Å²) in [7, 11) is 1.66. The number of pyridine rings is 1. The molecule has 7 nitrogen and oxygen atoms in total. The molecule has 0 amide bonds. The van der Waals surface area contributed by atoms with E-state index in [4.69, 9.17) is 9.82 Å². The third kappa shape index (κ3) is 4.03. The fourth-order valence-corrected chi connectivity index (χ4v) is 3.83. The summed E-state index contributed by atoms with van der Waals surface area (Å²) < 4.78 is 3.59. The van der Waals surface area contributed by atoms with Crippen LogP contribution in [0.3, 0.4) is 0 Å². The summed E-state index contributed by atoms with van der Waals surface area (Å²) in [6.07, 6.45) is 13.0. The van der Waals surface area contributed by atoms with Crippen LogP contribution in [0.5, 0.6) is 0 Å². The molecule has 3 aromatic rings. The summed E-state index contributed by atoms with van der Waals surface area (Å²) in [4.78, 5) is 10.1. The lowest BCUT2D eigenvalue weighted by atomic mass is 9.95. The SMILES string of the molecule is CCc1cnn2c(NCc3ccc[n+](OC)c3)cc(NC3CCCCC3)nc12. The normalized spacial score (nSPS) is 14.9. The summed E-state index contributed by atoms with van der Waals surface area (Å²) in [5.74, 6) is 1.87. The number of fused-ring (bicyclic) bond motifs is 1. The molecule has 0 saturated heterocycles. The summed E-state index contributed by atoms with van der Waals surface area (Å²) in [5.41, 5.74) is 3.21. The quantitative estimate of drug-likeness (QED) is 0.616. The van der Waals surface area contributed by atoms with E-state index in [0.29, 0.717) is 12.6 Å². The Morgan fingerprint density at radius 3 is 2.93 bits per heavy atom. The predicted octanol–water partition coefficient (Wildman–Crippen LogP) is 2.99. The van der Waals surface area contributed by atoms with Gasteiger partial charge < -0.3 is 10.6 Å². The van der Waals surface area contributed by atoms with Crippen molar-refractivity contribution in [1.29, 1.82) is 0 Å². The zero-order chi connectivity index (χ0) is 19.3. The highest BCUT2D eigenvalue weighted by atomic mass is 16.6. The number of hydrogen-bond acceptors (Lipinski definition) is 5. The van der Waals surface area contributed by atoms with Crippen LogP contribution in [-0.4, -0.2) is 27.7 Å². The highest BCUT2D eigenvalue weighted by molar-refractivity contribution is 5.60. The number of anilines is 2. The van der Waals surface area contributed by atoms with E-state index in [1.165, 1.54) is 32.1 Å². The van der Waals surface area contributed by atoms with Gasteiger partial charge in [0.2, 0.25) is 12.4 Å². The Morgan fingerprint density at radius 2 is 2.14 bits per heavy atom. The molecule has 28 heavy (non-hydrogen) atoms. The van der Waals surface area contributed by atoms with Crippen molar-refractivity contribution < 1.29 is 9.57 Å². The molecule has 7 heteroatoms. The van der Waals surface area contributed by atoms with Gasteiger partial charge in [-0.25, -0.2) is 4.98 Å². The van der Waals surface area contributed by atoms with Crippen molar-refractivity contribution in [1.82, 2.24) is 14.6 Å². The van der Waals surface area contributed by atoms with E-state index in [9.17, 15) is 0 Å². The van der Waals surface area contributed by atoms with Gasteiger partial charge >= 0.3 is 0 Å². The Labute approximate surface area is 165 Å². The Balaban J connectivity index is 1.60. The third-order valence-corrected chi connectivity index (χ3v) is 5.40. The minimum atomic E-state index is 0.513. The van der Waals surface area contributed by atoms with Crippen LogP contribution in [0.1, 0.15) is 50.2 Å². The number of aromatic nitrogens is 4. The fraction of sp³-hybridized carbons (Fsp3) is 0.476. The Bertz CT molecular complexity index is 932. The topological polar surface area (TPSA) is 67.4 Å². The van der Waals surface area contributed by atoms with Crippen LogP contribution < -0.4 is 20.2 Å². The molecule has 0 aromatic carbocycles. The lowest BCUT2D eigenvalue weighted by molar-refractivity contribution is -0.885. The minimum Gasteiger partial charge on any atom is -0.367 e. The van der Waals surface area contributed by atoms with Gasteiger partial charge in [0.1, 0.15) is 18.7 Å². The molecule has 0 atom stereocenters. The second kappa shape index (κ2) is 8.46. The van der Waals surface area contributed by atoms with Crippen molar-refractivity contribution in [3.8, 4) is 0 Å². The van der Waals surface area contributed by atoms with Gasteiger partial charge in [-0.1, -0.05) is 26.2 Å². The molecule has 1 saturated carbocycles. The van der Waals surface area contributed by atoms with E-state index >= 15 is 0 Å². The molecule has 0 aliphatic heterocycles. The first-order valence-electron chi connectivity index (χ1n) is 10.2. The van der Waals surface area contributed by atoms with E-state index in [1.54, 1.807) is 11.8 Å². The number of hydrogen-bond donors (Lipinski definition) is 2. The largest absolute Gasteiger partial charge is 0.367 e. The van der Waals surface area contributed by atoms with Crippen molar-refractivity contribution in [3.63, 3.8) is 0 Å². The second-order valence-corrected chi connectivity index (χ2v) is 7.37. The molecule has 148 valence electrons. The Kier molecular flexibility index (Phi) is 5.60. The molecule has 0 spiro atoms. The van der Waals surface area contributed by atoms with Crippen LogP contribution in [0.2, 0.25) is 0 Å². The molecule has 1 aliphatic rings. The summed E-state index contributed by atoms with van der Waals surface area (Å²) in [6.45, 7) is 2.81. The molecule has 0 bridgehead atoms. The van der Waals surface area contributed by atoms with Crippen LogP contribution >= 0.6 is 0 Å². The van der Waals surface area contributed by atoms with E-state index < -0.39 is 0 Å². The van der Waals surface area contributed by atoms with Crippen molar-refractivity contribution in [2.24, 2.45) is 0 Å². The number of nitrogens with one attached hydrogen (secondary N) is 2. The monoisotopic (exact) mass is 381 g/mol. The molecular formula is C21H29N6O+. The maximum absolute atomic E-state index is 5.25. The van der Waals surface area contributed by atoms with Gasteiger partial charge in [-0.05, 0) is 25.3 Å². The molecule has 1 fully saturated rings. The molecule has 4 rings (SSSR count). The molecule has 1 aliphatic carbocycles. The number of nitrogens with zero attached hydrogens (tertiary/aromatic N) is 4. The first-order valence-corrected chi connectivity index (χ1v) is 10.2. The van der Waals surface area contributed by atoms with Gasteiger partial charge in [-0.15, -0.1) is 0 Å². The highest BCUT2D eigenvalue weighted by Crippen LogP contribution is 2.24. The second-order valence-electron chi connectivity index (χ2n) is 7.37. The molecule has 0 unspecified atom stereocenters. The summed E-state index contributed by atoms with van der Waals surface area (Å²) in [5, 5.41) is 11.7. The fourth-order valence-electron chi connectivity index (χ4n) is 3.83. The third-order valence-electron chi connectivity index (χ3n) is 5.40. The summed E-state index contributed by atoms with van der Waals surface area (Å²) >= 11 is 0. The van der Waals surface area contributed by atoms with Crippen molar-refractivity contribution >= 4 is 17.3 Å². The van der Waals surface area contributed by atoms with Crippen molar-refractivity contribution in [3.05, 3.63) is 47.9 Å². The Morgan fingerprint density at radius 1 is 1.29 bits per heavy atom. The smallest absolute Gasteiger partial charge is 0.227 e. The van der Waals surface area contributed by atoms with Crippen LogP contribution in [0.25, 0.3) is 5.65 Å². The Hall–Kier alpha value is -2.83. The maximum atomic E-state index is 5.25. The van der Waals surface area contributed by atoms with Crippen molar-refractivity contribution in [2.45, 2.75) is 58.0 Å². The van der Waals surface area contributed by atoms with Gasteiger partial charge in [0, 0.05) is 40.6 Å². The molecular weight excluding hydrogens is 352 g/mol. The lowest BCUT2D eigenvalue weighted by Crippen LogP contribution is -2.40. The van der Waals surface area contributed by atoms with Gasteiger partial charge in [0.25, 0.3) is 0 Å². The highest BCUT2D eigenvalue weighted by Gasteiger charge is 2.16. The van der Waals surface area contributed by atoms with E-state index in [-0.39, 0.29) is 0 Å². The zero-order valence-corrected chi connectivity index (χ0v) is 16.7. The molecule has 0 radical (unpaired) electrons. The van der Waals surface area contributed by atoms with Crippen LogP contribution in [0, 0.1) is 0 Å². The van der Waals surface area contributed by atoms with E-state index in [0.717, 1.165) is 34.8 Å². The number of aryl methyl sites for hydroxylation is 1. The predicted molar refractivity (Wildman–Crippen MR) is 109 cm³/mol. The zero-order valence-electron chi connectivity index (χ0n) is 16.7. The van der Waals surface area contributed by atoms with Crippen LogP contribution in [0.15, 0.2) is 36.8 Å². The number of rotatable bonds is 7. The lowest BCUT2D eigenvalue weighted by Gasteiger charge is -2.23. The first-order chi connectivity index (χ1) is 13.8.